The molecule has 2 bridgehead atoms. The third kappa shape index (κ3) is 2.74. The Morgan fingerprint density at radius 3 is 2.61 bits per heavy atom. The van der Waals surface area contributed by atoms with Gasteiger partial charge in [0.2, 0.25) is 5.91 Å². The highest BCUT2D eigenvalue weighted by Crippen LogP contribution is 2.74. The van der Waals surface area contributed by atoms with Crippen LogP contribution in [-0.2, 0) is 11.3 Å². The molecule has 9 heteroatoms. The van der Waals surface area contributed by atoms with Gasteiger partial charge in [-0.05, 0) is 42.4 Å². The number of hydrazone groups is 1. The summed E-state index contributed by atoms with van der Waals surface area (Å²) in [6.45, 7) is 0.692. The number of hydrogen-bond donors (Lipinski definition) is 0. The van der Waals surface area contributed by atoms with E-state index in [1.54, 1.807) is 24.8 Å². The average Bonchev–Trinajstić information content (AvgIpc) is 3.30. The highest BCUT2D eigenvalue weighted by Gasteiger charge is 2.72. The number of nitrogens with zero attached hydrogens (tertiary/aromatic N) is 5. The van der Waals surface area contributed by atoms with Gasteiger partial charge in [-0.1, -0.05) is 11.6 Å². The zero-order valence-electron chi connectivity index (χ0n) is 16.4. The van der Waals surface area contributed by atoms with Gasteiger partial charge in [-0.25, -0.2) is 13.8 Å². The molecule has 0 radical (unpaired) electrons. The van der Waals surface area contributed by atoms with Gasteiger partial charge < -0.3 is 0 Å². The van der Waals surface area contributed by atoms with Crippen LogP contribution in [0, 0.1) is 22.5 Å². The SMILES string of the molecule is O=C(N1N=CCC1c1cc(F)cc(F)c1)C12CC(Cn3ncc4cncc(Cl)c43)(C1)C2. The van der Waals surface area contributed by atoms with Crippen molar-refractivity contribution in [1.82, 2.24) is 19.8 Å². The van der Waals surface area contributed by atoms with E-state index in [-0.39, 0.29) is 11.3 Å². The lowest BCUT2D eigenvalue weighted by Crippen LogP contribution is -2.68. The Bertz CT molecular complexity index is 1230. The minimum atomic E-state index is -0.654. The van der Waals surface area contributed by atoms with Crippen LogP contribution in [0.25, 0.3) is 10.9 Å². The molecule has 3 aliphatic carbocycles. The van der Waals surface area contributed by atoms with Gasteiger partial charge in [-0.15, -0.1) is 0 Å². The first-order valence-electron chi connectivity index (χ1n) is 10.2. The summed E-state index contributed by atoms with van der Waals surface area (Å²) in [6.07, 6.45) is 9.42. The summed E-state index contributed by atoms with van der Waals surface area (Å²) in [5, 5.41) is 11.6. The minimum Gasteiger partial charge on any atom is -0.272 e. The second-order valence-corrected chi connectivity index (χ2v) is 9.48. The van der Waals surface area contributed by atoms with Crippen molar-refractivity contribution in [2.24, 2.45) is 15.9 Å². The normalized spacial score (nSPS) is 28.6. The van der Waals surface area contributed by atoms with E-state index in [2.05, 4.69) is 15.2 Å². The van der Waals surface area contributed by atoms with E-state index < -0.39 is 23.1 Å². The first-order valence-corrected chi connectivity index (χ1v) is 10.5. The van der Waals surface area contributed by atoms with Crippen molar-refractivity contribution in [3.63, 3.8) is 0 Å². The van der Waals surface area contributed by atoms with Crippen LogP contribution in [0.1, 0.15) is 37.3 Å². The van der Waals surface area contributed by atoms with E-state index in [9.17, 15) is 13.6 Å². The average molecular weight is 442 g/mol. The van der Waals surface area contributed by atoms with Crippen LogP contribution < -0.4 is 0 Å². The van der Waals surface area contributed by atoms with Crippen LogP contribution in [-0.4, -0.2) is 31.9 Å². The molecule has 1 aliphatic heterocycles. The molecule has 2 aromatic heterocycles. The van der Waals surface area contributed by atoms with Crippen LogP contribution in [0.4, 0.5) is 8.78 Å². The van der Waals surface area contributed by atoms with Crippen LogP contribution in [0.2, 0.25) is 5.02 Å². The highest BCUT2D eigenvalue weighted by molar-refractivity contribution is 6.34. The number of rotatable bonds is 4. The van der Waals surface area contributed by atoms with Gasteiger partial charge in [0.25, 0.3) is 0 Å². The van der Waals surface area contributed by atoms with Gasteiger partial charge in [0.1, 0.15) is 11.6 Å². The Balaban J connectivity index is 1.19. The molecule has 4 aliphatic rings. The molecule has 3 aromatic rings. The number of benzene rings is 1. The number of pyridine rings is 1. The molecule has 1 amide bonds. The second kappa shape index (κ2) is 6.32. The van der Waals surface area contributed by atoms with Crippen molar-refractivity contribution in [2.75, 3.05) is 0 Å². The van der Waals surface area contributed by atoms with Crippen LogP contribution in [0.5, 0.6) is 0 Å². The number of carbonyl (C=O) groups excluding carboxylic acids is 1. The van der Waals surface area contributed by atoms with E-state index in [1.807, 2.05) is 4.68 Å². The molecule has 0 spiro atoms. The monoisotopic (exact) mass is 441 g/mol. The maximum absolute atomic E-state index is 13.7. The summed E-state index contributed by atoms with van der Waals surface area (Å²) in [7, 11) is 0. The summed E-state index contributed by atoms with van der Waals surface area (Å²) in [6, 6.07) is 2.91. The molecule has 0 saturated heterocycles. The van der Waals surface area contributed by atoms with Crippen molar-refractivity contribution in [3.8, 4) is 0 Å². The van der Waals surface area contributed by atoms with Crippen LogP contribution >= 0.6 is 11.6 Å². The lowest BCUT2D eigenvalue weighted by Gasteiger charge is -2.69. The molecular weight excluding hydrogens is 424 g/mol. The Hall–Kier alpha value is -2.87. The minimum absolute atomic E-state index is 0.0190. The molecular formula is C22H18ClF2N5O. The zero-order valence-corrected chi connectivity index (χ0v) is 17.2. The topological polar surface area (TPSA) is 63.4 Å². The van der Waals surface area contributed by atoms with Crippen molar-refractivity contribution in [2.45, 2.75) is 38.3 Å². The summed E-state index contributed by atoms with van der Waals surface area (Å²) < 4.78 is 29.3. The van der Waals surface area contributed by atoms with E-state index >= 15 is 0 Å². The first-order chi connectivity index (χ1) is 14.9. The first kappa shape index (κ1) is 18.9. The van der Waals surface area contributed by atoms with E-state index in [0.717, 1.165) is 36.2 Å². The summed E-state index contributed by atoms with van der Waals surface area (Å²) >= 11 is 6.31. The predicted octanol–water partition coefficient (Wildman–Crippen LogP) is 4.49. The highest BCUT2D eigenvalue weighted by atomic mass is 35.5. The fraction of sp³-hybridized carbons (Fsp3) is 0.364. The van der Waals surface area contributed by atoms with Gasteiger partial charge in [-0.3, -0.25) is 14.5 Å². The standard InChI is InChI=1S/C22H18ClF2N5O/c23-17-8-26-6-14-7-28-29(19(14)17)12-21-9-22(10-21,11-21)20(31)30-18(1-2-27-30)13-3-15(24)5-16(25)4-13/h2-8,18H,1,9-12H2. The Morgan fingerprint density at radius 2 is 1.87 bits per heavy atom. The second-order valence-electron chi connectivity index (χ2n) is 9.07. The largest absolute Gasteiger partial charge is 0.272 e. The van der Waals surface area contributed by atoms with Crippen molar-refractivity contribution < 1.29 is 13.6 Å². The van der Waals surface area contributed by atoms with Gasteiger partial charge in [0.15, 0.2) is 0 Å². The number of carbonyl (C=O) groups is 1. The molecule has 3 saturated carbocycles. The lowest BCUT2D eigenvalue weighted by molar-refractivity contribution is -0.223. The molecule has 7 rings (SSSR count). The molecule has 1 atom stereocenters. The molecule has 3 fully saturated rings. The van der Waals surface area contributed by atoms with Crippen molar-refractivity contribution in [1.29, 1.82) is 0 Å². The molecule has 0 N–H and O–H groups in total. The maximum Gasteiger partial charge on any atom is 0.249 e. The molecule has 6 nitrogen and oxygen atoms in total. The van der Waals surface area contributed by atoms with E-state index in [1.165, 1.54) is 17.1 Å². The van der Waals surface area contributed by atoms with Crippen LogP contribution in [0.15, 0.2) is 41.9 Å². The Morgan fingerprint density at radius 1 is 1.13 bits per heavy atom. The smallest absolute Gasteiger partial charge is 0.249 e. The zero-order chi connectivity index (χ0) is 21.4. The number of aromatic nitrogens is 3. The van der Waals surface area contributed by atoms with Crippen LogP contribution in [0.3, 0.4) is 0 Å². The third-order valence-electron chi connectivity index (χ3n) is 6.88. The third-order valence-corrected chi connectivity index (χ3v) is 7.16. The Kier molecular flexibility index (Phi) is 3.85. The number of amides is 1. The van der Waals surface area contributed by atoms with Crippen molar-refractivity contribution in [3.05, 3.63) is 59.0 Å². The fourth-order valence-electron chi connectivity index (χ4n) is 5.73. The molecule has 1 aromatic carbocycles. The fourth-order valence-corrected chi connectivity index (χ4v) is 5.99. The molecule has 158 valence electrons. The lowest BCUT2D eigenvalue weighted by atomic mass is 9.34. The van der Waals surface area contributed by atoms with E-state index in [0.29, 0.717) is 23.6 Å². The quantitative estimate of drug-likeness (QED) is 0.599. The number of hydrogen-bond acceptors (Lipinski definition) is 4. The van der Waals surface area contributed by atoms with Crippen molar-refractivity contribution >= 4 is 34.6 Å². The van der Waals surface area contributed by atoms with E-state index in [4.69, 9.17) is 11.6 Å². The summed E-state index contributed by atoms with van der Waals surface area (Å²) in [4.78, 5) is 17.4. The Labute approximate surface area is 181 Å². The maximum atomic E-state index is 13.7. The van der Waals surface area contributed by atoms with Gasteiger partial charge in [0, 0.05) is 43.0 Å². The molecule has 3 heterocycles. The van der Waals surface area contributed by atoms with Gasteiger partial charge in [0.05, 0.1) is 28.2 Å². The predicted molar refractivity (Wildman–Crippen MR) is 110 cm³/mol. The number of halogens is 3. The van der Waals surface area contributed by atoms with Gasteiger partial charge in [-0.2, -0.15) is 10.2 Å². The number of fused-ring (bicyclic) bond motifs is 1. The van der Waals surface area contributed by atoms with Gasteiger partial charge >= 0.3 is 0 Å². The molecule has 31 heavy (non-hydrogen) atoms. The molecule has 1 unspecified atom stereocenters. The summed E-state index contributed by atoms with van der Waals surface area (Å²) in [5.74, 6) is -1.37. The summed E-state index contributed by atoms with van der Waals surface area (Å²) in [5.41, 5.74) is 0.862.